The third-order valence-corrected chi connectivity index (χ3v) is 0.368. The van der Waals surface area contributed by atoms with E-state index in [2.05, 4.69) is 0 Å². The van der Waals surface area contributed by atoms with Crippen molar-refractivity contribution in [2.75, 3.05) is 0 Å². The Morgan fingerprint density at radius 1 is 1.00 bits per heavy atom. The summed E-state index contributed by atoms with van der Waals surface area (Å²) >= 11 is 0. The largest absolute Gasteiger partial charge is 0.478 e. The fourth-order valence-electron chi connectivity index (χ4n) is 0.143. The zero-order valence-corrected chi connectivity index (χ0v) is 5.55. The van der Waals surface area contributed by atoms with E-state index in [9.17, 15) is 9.59 Å². The molecule has 0 aromatic rings. The molecule has 0 saturated heterocycles. The van der Waals surface area contributed by atoms with Crippen molar-refractivity contribution in [1.82, 2.24) is 0 Å². The van der Waals surface area contributed by atoms with Crippen molar-refractivity contribution < 1.29 is 37.2 Å². The smallest absolute Gasteiger partial charge is 0.328 e. The van der Waals surface area contributed by atoms with Crippen LogP contribution in [0.25, 0.3) is 0 Å². The number of hydrogen-bond acceptors (Lipinski definition) is 2. The second kappa shape index (κ2) is 5.35. The molecule has 0 saturated carbocycles. The molecule has 9 heavy (non-hydrogen) atoms. The molecule has 0 radical (unpaired) electrons. The van der Waals surface area contributed by atoms with Crippen LogP contribution in [0.4, 0.5) is 0 Å². The maximum atomic E-state index is 9.55. The molecule has 0 fully saturated rings. The molecule has 0 amide bonds. The van der Waals surface area contributed by atoms with Crippen LogP contribution in [-0.4, -0.2) is 22.2 Å². The first-order chi connectivity index (χ1) is 3.63. The topological polar surface area (TPSA) is 74.6 Å². The van der Waals surface area contributed by atoms with Gasteiger partial charge in [-0.1, -0.05) is 0 Å². The van der Waals surface area contributed by atoms with E-state index in [0.29, 0.717) is 12.2 Å². The van der Waals surface area contributed by atoms with Gasteiger partial charge in [-0.3, -0.25) is 0 Å². The van der Waals surface area contributed by atoms with Crippen molar-refractivity contribution >= 4 is 11.9 Å². The second-order valence-corrected chi connectivity index (χ2v) is 1.01. The van der Waals surface area contributed by atoms with E-state index >= 15 is 0 Å². The van der Waals surface area contributed by atoms with Gasteiger partial charge in [0.2, 0.25) is 0 Å². The monoisotopic (exact) mass is 168 g/mol. The Bertz CT molecular complexity index is 124. The summed E-state index contributed by atoms with van der Waals surface area (Å²) in [5.74, 6) is -2.51. The minimum atomic E-state index is -1.26. The van der Waals surface area contributed by atoms with Gasteiger partial charge < -0.3 is 10.2 Å². The first kappa shape index (κ1) is 11.1. The van der Waals surface area contributed by atoms with Gasteiger partial charge in [-0.15, -0.1) is 0 Å². The van der Waals surface area contributed by atoms with Gasteiger partial charge in [0.1, 0.15) is 0 Å². The zero-order chi connectivity index (χ0) is 6.57. The third kappa shape index (κ3) is 11.0. The number of rotatable bonds is 2. The van der Waals surface area contributed by atoms with Crippen LogP contribution < -0.4 is 0 Å². The predicted octanol–water partition coefficient (Wildman–Crippen LogP) is -0.291. The van der Waals surface area contributed by atoms with Crippen LogP contribution in [0.5, 0.6) is 0 Å². The van der Waals surface area contributed by atoms with Crippen molar-refractivity contribution in [3.63, 3.8) is 0 Å². The molecule has 0 spiro atoms. The van der Waals surface area contributed by atoms with Crippen molar-refractivity contribution in [2.45, 2.75) is 0 Å². The summed E-state index contributed by atoms with van der Waals surface area (Å²) in [4.78, 5) is 19.1. The van der Waals surface area contributed by atoms with E-state index in [0.717, 1.165) is 0 Å². The Hall–Kier alpha value is -0.788. The average Bonchev–Trinajstić information content (AvgIpc) is 1.61. The van der Waals surface area contributed by atoms with Crippen LogP contribution in [-0.2, 0) is 27.0 Å². The summed E-state index contributed by atoms with van der Waals surface area (Å²) in [7, 11) is 0. The van der Waals surface area contributed by atoms with E-state index in [-0.39, 0.29) is 17.4 Å². The fraction of sp³-hybridized carbons (Fsp3) is 0. The van der Waals surface area contributed by atoms with Crippen molar-refractivity contribution in [3.8, 4) is 0 Å². The van der Waals surface area contributed by atoms with E-state index in [1.807, 2.05) is 0 Å². The third-order valence-electron chi connectivity index (χ3n) is 0.368. The minimum absolute atomic E-state index is 0. The molecular weight excluding hydrogens is 164 g/mol. The SMILES string of the molecule is O=C(O)/C=C/C(=O)O.[Cr]. The van der Waals surface area contributed by atoms with Crippen LogP contribution >= 0.6 is 0 Å². The van der Waals surface area contributed by atoms with Gasteiger partial charge in [-0.2, -0.15) is 0 Å². The normalized spacial score (nSPS) is 8.44. The summed E-state index contributed by atoms with van der Waals surface area (Å²) in [6, 6.07) is 0. The van der Waals surface area contributed by atoms with Gasteiger partial charge in [0.25, 0.3) is 0 Å². The summed E-state index contributed by atoms with van der Waals surface area (Å²) < 4.78 is 0. The predicted molar refractivity (Wildman–Crippen MR) is 24.4 cm³/mol. The second-order valence-electron chi connectivity index (χ2n) is 1.01. The number of aliphatic carboxylic acids is 2. The van der Waals surface area contributed by atoms with Gasteiger partial charge in [0, 0.05) is 29.5 Å². The number of carbonyl (C=O) groups is 2. The van der Waals surface area contributed by atoms with Crippen LogP contribution in [0, 0.1) is 0 Å². The Morgan fingerprint density at radius 2 is 1.22 bits per heavy atom. The molecule has 0 rings (SSSR count). The number of carboxylic acid groups (broad SMARTS) is 2. The fourth-order valence-corrected chi connectivity index (χ4v) is 0.143. The molecular formula is C4H4CrO4. The Kier molecular flexibility index (Phi) is 6.58. The van der Waals surface area contributed by atoms with Gasteiger partial charge in [-0.25, -0.2) is 9.59 Å². The molecule has 5 heteroatoms. The van der Waals surface area contributed by atoms with E-state index in [1.165, 1.54) is 0 Å². The minimum Gasteiger partial charge on any atom is -0.478 e. The number of carboxylic acids is 2. The van der Waals surface area contributed by atoms with Gasteiger partial charge in [0.15, 0.2) is 0 Å². The van der Waals surface area contributed by atoms with Crippen LogP contribution in [0.3, 0.4) is 0 Å². The van der Waals surface area contributed by atoms with Gasteiger partial charge >= 0.3 is 11.9 Å². The quantitative estimate of drug-likeness (QED) is 0.555. The van der Waals surface area contributed by atoms with Crippen LogP contribution in [0.1, 0.15) is 0 Å². The van der Waals surface area contributed by atoms with Crippen molar-refractivity contribution in [1.29, 1.82) is 0 Å². The zero-order valence-electron chi connectivity index (χ0n) is 4.27. The maximum Gasteiger partial charge on any atom is 0.328 e. The first-order valence-corrected chi connectivity index (χ1v) is 1.77. The molecule has 0 bridgehead atoms. The Labute approximate surface area is 61.9 Å². The van der Waals surface area contributed by atoms with Gasteiger partial charge in [-0.05, 0) is 0 Å². The molecule has 0 aliphatic heterocycles. The van der Waals surface area contributed by atoms with Gasteiger partial charge in [0.05, 0.1) is 0 Å². The molecule has 0 heterocycles. The Balaban J connectivity index is 0. The summed E-state index contributed by atoms with van der Waals surface area (Å²) in [6.07, 6.45) is 1.12. The van der Waals surface area contributed by atoms with Crippen LogP contribution in [0.15, 0.2) is 12.2 Å². The first-order valence-electron chi connectivity index (χ1n) is 1.77. The molecule has 0 aliphatic rings. The van der Waals surface area contributed by atoms with E-state index in [4.69, 9.17) is 10.2 Å². The molecule has 0 unspecified atom stereocenters. The Morgan fingerprint density at radius 3 is 1.33 bits per heavy atom. The molecule has 0 aliphatic carbocycles. The molecule has 2 N–H and O–H groups in total. The number of hydrogen-bond donors (Lipinski definition) is 2. The van der Waals surface area contributed by atoms with Crippen molar-refractivity contribution in [3.05, 3.63) is 12.2 Å². The molecule has 4 nitrogen and oxygen atoms in total. The van der Waals surface area contributed by atoms with Crippen molar-refractivity contribution in [2.24, 2.45) is 0 Å². The summed E-state index contributed by atoms with van der Waals surface area (Å²) in [5.41, 5.74) is 0. The molecule has 0 aromatic heterocycles. The van der Waals surface area contributed by atoms with Crippen LogP contribution in [0.2, 0.25) is 0 Å². The standard InChI is InChI=1S/C4H4O4.Cr/c5-3(6)1-2-4(7)8;/h1-2H,(H,5,6)(H,7,8);/b2-1+;. The molecule has 50 valence electrons. The maximum absolute atomic E-state index is 9.55. The average molecular weight is 168 g/mol. The molecule has 0 aromatic carbocycles. The summed E-state index contributed by atoms with van der Waals surface area (Å²) in [5, 5.41) is 15.6. The molecule has 0 atom stereocenters. The van der Waals surface area contributed by atoms with E-state index in [1.54, 1.807) is 0 Å². The van der Waals surface area contributed by atoms with E-state index < -0.39 is 11.9 Å². The summed E-state index contributed by atoms with van der Waals surface area (Å²) in [6.45, 7) is 0.